The van der Waals surface area contributed by atoms with E-state index in [0.717, 1.165) is 5.56 Å². The highest BCUT2D eigenvalue weighted by Gasteiger charge is 2.34. The van der Waals surface area contributed by atoms with Crippen LogP contribution in [0.1, 0.15) is 37.3 Å². The molecule has 0 aliphatic carbocycles. The number of carbonyl (C=O) groups excluding carboxylic acids is 1. The summed E-state index contributed by atoms with van der Waals surface area (Å²) in [7, 11) is -3.08. The highest BCUT2D eigenvalue weighted by Crippen LogP contribution is 2.22. The number of amides is 1. The number of benzene rings is 2. The Labute approximate surface area is 167 Å². The lowest BCUT2D eigenvalue weighted by Crippen LogP contribution is -2.43. The Morgan fingerprint density at radius 3 is 2.36 bits per heavy atom. The molecule has 1 heterocycles. The van der Waals surface area contributed by atoms with Crippen molar-refractivity contribution in [2.24, 2.45) is 0 Å². The second-order valence-electron chi connectivity index (χ2n) is 7.58. The van der Waals surface area contributed by atoms with Crippen molar-refractivity contribution in [3.05, 3.63) is 65.7 Å². The first kappa shape index (κ1) is 20.4. The Kier molecular flexibility index (Phi) is 6.39. The summed E-state index contributed by atoms with van der Waals surface area (Å²) < 4.78 is 29.5. The first-order valence-electron chi connectivity index (χ1n) is 9.60. The van der Waals surface area contributed by atoms with Gasteiger partial charge in [-0.2, -0.15) is 0 Å². The van der Waals surface area contributed by atoms with Crippen LogP contribution in [-0.2, 0) is 21.2 Å². The summed E-state index contributed by atoms with van der Waals surface area (Å²) in [6, 6.07) is 17.0. The summed E-state index contributed by atoms with van der Waals surface area (Å²) in [5.41, 5.74) is 2.18. The fraction of sp³-hybridized carbons (Fsp3) is 0.409. The van der Waals surface area contributed by atoms with Gasteiger partial charge in [0.05, 0.1) is 11.5 Å². The van der Waals surface area contributed by atoms with Gasteiger partial charge in [0.2, 0.25) is 0 Å². The Morgan fingerprint density at radius 2 is 1.79 bits per heavy atom. The van der Waals surface area contributed by atoms with E-state index in [1.807, 2.05) is 54.6 Å². The van der Waals surface area contributed by atoms with Crippen LogP contribution in [0.25, 0.3) is 0 Å². The highest BCUT2D eigenvalue weighted by molar-refractivity contribution is 7.91. The summed E-state index contributed by atoms with van der Waals surface area (Å²) in [5.74, 6) is 1.03. The molecule has 0 radical (unpaired) electrons. The molecule has 2 aromatic carbocycles. The first-order valence-corrected chi connectivity index (χ1v) is 11.4. The third-order valence-corrected chi connectivity index (χ3v) is 6.82. The minimum atomic E-state index is -3.08. The molecule has 1 amide bonds. The van der Waals surface area contributed by atoms with Gasteiger partial charge in [-0.15, -0.1) is 0 Å². The Bertz CT molecular complexity index is 892. The Hall–Kier alpha value is -2.34. The van der Waals surface area contributed by atoms with Gasteiger partial charge in [0.15, 0.2) is 16.4 Å². The van der Waals surface area contributed by atoms with Crippen LogP contribution in [0.4, 0.5) is 0 Å². The quantitative estimate of drug-likeness (QED) is 0.713. The molecule has 28 heavy (non-hydrogen) atoms. The van der Waals surface area contributed by atoms with Crippen molar-refractivity contribution in [2.45, 2.75) is 38.8 Å². The molecule has 150 valence electrons. The maximum Gasteiger partial charge on any atom is 0.261 e. The number of carbonyl (C=O) groups is 1. The third-order valence-electron chi connectivity index (χ3n) is 5.07. The monoisotopic (exact) mass is 401 g/mol. The molecule has 0 unspecified atom stereocenters. The van der Waals surface area contributed by atoms with Crippen LogP contribution in [0.15, 0.2) is 54.6 Å². The van der Waals surface area contributed by atoms with Crippen LogP contribution >= 0.6 is 0 Å². The predicted octanol–water partition coefficient (Wildman–Crippen LogP) is 3.40. The van der Waals surface area contributed by atoms with Gasteiger partial charge in [-0.3, -0.25) is 4.79 Å². The van der Waals surface area contributed by atoms with Crippen LogP contribution in [0.3, 0.4) is 0 Å². The Morgan fingerprint density at radius 1 is 1.11 bits per heavy atom. The first-order chi connectivity index (χ1) is 13.3. The summed E-state index contributed by atoms with van der Waals surface area (Å²) in [6.45, 7) is 4.52. The van der Waals surface area contributed by atoms with Gasteiger partial charge in [-0.1, -0.05) is 56.3 Å². The number of nitrogens with zero attached hydrogens (tertiary/aromatic N) is 1. The molecule has 1 aliphatic heterocycles. The van der Waals surface area contributed by atoms with E-state index in [9.17, 15) is 13.2 Å². The van der Waals surface area contributed by atoms with Gasteiger partial charge in [0.1, 0.15) is 5.75 Å². The minimum Gasteiger partial charge on any atom is -0.484 e. The van der Waals surface area contributed by atoms with Crippen molar-refractivity contribution < 1.29 is 17.9 Å². The van der Waals surface area contributed by atoms with E-state index in [0.29, 0.717) is 24.6 Å². The molecule has 1 aliphatic rings. The molecule has 0 saturated carbocycles. The zero-order valence-electron chi connectivity index (χ0n) is 16.4. The van der Waals surface area contributed by atoms with Crippen molar-refractivity contribution in [1.29, 1.82) is 0 Å². The maximum atomic E-state index is 12.9. The number of hydrogen-bond acceptors (Lipinski definition) is 4. The lowest BCUT2D eigenvalue weighted by molar-refractivity contribution is -0.136. The molecule has 2 aromatic rings. The normalized spacial score (nSPS) is 18.2. The fourth-order valence-electron chi connectivity index (χ4n) is 3.40. The van der Waals surface area contributed by atoms with Crippen molar-refractivity contribution in [3.63, 3.8) is 0 Å². The van der Waals surface area contributed by atoms with Crippen LogP contribution in [0, 0.1) is 0 Å². The van der Waals surface area contributed by atoms with Crippen LogP contribution in [0.2, 0.25) is 0 Å². The molecule has 0 aromatic heterocycles. The van der Waals surface area contributed by atoms with E-state index in [-0.39, 0.29) is 30.1 Å². The topological polar surface area (TPSA) is 63.7 Å². The zero-order chi connectivity index (χ0) is 20.1. The molecule has 0 N–H and O–H groups in total. The SMILES string of the molecule is CC(C)c1ccc(OCC(=O)N(Cc2ccccc2)[C@H]2CCS(=O)(=O)C2)cc1. The smallest absolute Gasteiger partial charge is 0.261 e. The molecule has 1 atom stereocenters. The third kappa shape index (κ3) is 5.35. The predicted molar refractivity (Wildman–Crippen MR) is 110 cm³/mol. The standard InChI is InChI=1S/C22H27NO4S/c1-17(2)19-8-10-21(11-9-19)27-15-22(24)23(14-18-6-4-3-5-7-18)20-12-13-28(25,26)16-20/h3-11,17,20H,12-16H2,1-2H3/t20-/m0/s1. The van der Waals surface area contributed by atoms with Gasteiger partial charge in [0, 0.05) is 12.6 Å². The van der Waals surface area contributed by atoms with Gasteiger partial charge in [0.25, 0.3) is 5.91 Å². The molecular weight excluding hydrogens is 374 g/mol. The van der Waals surface area contributed by atoms with Gasteiger partial charge in [-0.25, -0.2) is 8.42 Å². The van der Waals surface area contributed by atoms with Gasteiger partial charge >= 0.3 is 0 Å². The summed E-state index contributed by atoms with van der Waals surface area (Å²) in [5, 5.41) is 0. The molecule has 3 rings (SSSR count). The lowest BCUT2D eigenvalue weighted by atomic mass is 10.0. The second-order valence-corrected chi connectivity index (χ2v) is 9.81. The summed E-state index contributed by atoms with van der Waals surface area (Å²) in [4.78, 5) is 14.6. The van der Waals surface area contributed by atoms with E-state index in [1.165, 1.54) is 5.56 Å². The van der Waals surface area contributed by atoms with Crippen molar-refractivity contribution in [2.75, 3.05) is 18.1 Å². The number of ether oxygens (including phenoxy) is 1. The van der Waals surface area contributed by atoms with Crippen molar-refractivity contribution in [1.82, 2.24) is 4.90 Å². The minimum absolute atomic E-state index is 0.0225. The Balaban J connectivity index is 1.69. The lowest BCUT2D eigenvalue weighted by Gasteiger charge is -2.28. The van der Waals surface area contributed by atoms with Crippen LogP contribution in [0.5, 0.6) is 5.75 Å². The molecule has 0 spiro atoms. The average molecular weight is 402 g/mol. The highest BCUT2D eigenvalue weighted by atomic mass is 32.2. The average Bonchev–Trinajstić information content (AvgIpc) is 3.04. The number of hydrogen-bond donors (Lipinski definition) is 0. The molecule has 5 nitrogen and oxygen atoms in total. The molecular formula is C22H27NO4S. The van der Waals surface area contributed by atoms with E-state index >= 15 is 0 Å². The zero-order valence-corrected chi connectivity index (χ0v) is 17.2. The summed E-state index contributed by atoms with van der Waals surface area (Å²) >= 11 is 0. The number of sulfone groups is 1. The van der Waals surface area contributed by atoms with Crippen molar-refractivity contribution in [3.8, 4) is 5.75 Å². The van der Waals surface area contributed by atoms with Gasteiger partial charge in [-0.05, 0) is 35.6 Å². The van der Waals surface area contributed by atoms with Crippen molar-refractivity contribution >= 4 is 15.7 Å². The molecule has 1 fully saturated rings. The molecule has 0 bridgehead atoms. The second kappa shape index (κ2) is 8.78. The van der Waals surface area contributed by atoms with E-state index in [1.54, 1.807) is 4.90 Å². The maximum absolute atomic E-state index is 12.9. The van der Waals surface area contributed by atoms with E-state index in [4.69, 9.17) is 4.74 Å². The van der Waals surface area contributed by atoms with Crippen LogP contribution < -0.4 is 4.74 Å². The van der Waals surface area contributed by atoms with Crippen LogP contribution in [-0.4, -0.2) is 43.4 Å². The molecule has 6 heteroatoms. The van der Waals surface area contributed by atoms with E-state index < -0.39 is 9.84 Å². The largest absolute Gasteiger partial charge is 0.484 e. The summed E-state index contributed by atoms with van der Waals surface area (Å²) in [6.07, 6.45) is 0.476. The molecule has 1 saturated heterocycles. The van der Waals surface area contributed by atoms with Gasteiger partial charge < -0.3 is 9.64 Å². The fourth-order valence-corrected chi connectivity index (χ4v) is 5.13. The number of rotatable bonds is 7. The van der Waals surface area contributed by atoms with E-state index in [2.05, 4.69) is 13.8 Å².